The molecule has 12 heavy (non-hydrogen) atoms. The second-order valence-corrected chi connectivity index (χ2v) is 2.48. The van der Waals surface area contributed by atoms with Gasteiger partial charge < -0.3 is 10.8 Å². The fourth-order valence-corrected chi connectivity index (χ4v) is 0.819. The van der Waals surface area contributed by atoms with Crippen LogP contribution in [0.15, 0.2) is 18.3 Å². The summed E-state index contributed by atoms with van der Waals surface area (Å²) in [4.78, 5) is 14.1. The van der Waals surface area contributed by atoms with E-state index in [1.807, 2.05) is 0 Å². The van der Waals surface area contributed by atoms with Gasteiger partial charge in [-0.3, -0.25) is 9.78 Å². The van der Waals surface area contributed by atoms with E-state index in [4.69, 9.17) is 10.8 Å². The van der Waals surface area contributed by atoms with E-state index >= 15 is 0 Å². The fourth-order valence-electron chi connectivity index (χ4n) is 0.819. The van der Waals surface area contributed by atoms with Crippen molar-refractivity contribution in [2.45, 2.75) is 12.8 Å². The molecule has 0 unspecified atom stereocenters. The van der Waals surface area contributed by atoms with Crippen LogP contribution in [0.4, 0.5) is 5.69 Å². The van der Waals surface area contributed by atoms with Crippen molar-refractivity contribution < 1.29 is 9.90 Å². The smallest absolute Gasteiger partial charge is 0.303 e. The molecule has 0 bridgehead atoms. The predicted octanol–water partition coefficient (Wildman–Crippen LogP) is 0.681. The number of pyridine rings is 1. The minimum absolute atomic E-state index is 0.108. The Balaban J connectivity index is 2.53. The number of hydrogen-bond acceptors (Lipinski definition) is 3. The van der Waals surface area contributed by atoms with Crippen molar-refractivity contribution in [1.82, 2.24) is 4.98 Å². The molecule has 0 atom stereocenters. The van der Waals surface area contributed by atoms with Gasteiger partial charge in [-0.15, -0.1) is 0 Å². The summed E-state index contributed by atoms with van der Waals surface area (Å²) in [5, 5.41) is 8.38. The minimum Gasteiger partial charge on any atom is -0.481 e. The maximum atomic E-state index is 10.2. The van der Waals surface area contributed by atoms with Crippen LogP contribution in [0.2, 0.25) is 0 Å². The number of aromatic nitrogens is 1. The van der Waals surface area contributed by atoms with Gasteiger partial charge in [0.2, 0.25) is 0 Å². The maximum Gasteiger partial charge on any atom is 0.303 e. The van der Waals surface area contributed by atoms with Crippen molar-refractivity contribution in [3.05, 3.63) is 24.0 Å². The van der Waals surface area contributed by atoms with Crippen LogP contribution < -0.4 is 5.73 Å². The van der Waals surface area contributed by atoms with E-state index in [1.165, 1.54) is 6.20 Å². The molecule has 0 amide bonds. The molecule has 0 fully saturated rings. The van der Waals surface area contributed by atoms with Gasteiger partial charge in [0.15, 0.2) is 0 Å². The second-order valence-electron chi connectivity index (χ2n) is 2.48. The molecule has 1 aromatic heterocycles. The van der Waals surface area contributed by atoms with E-state index in [-0.39, 0.29) is 6.42 Å². The quantitative estimate of drug-likeness (QED) is 0.692. The lowest BCUT2D eigenvalue weighted by atomic mass is 10.2. The van der Waals surface area contributed by atoms with Gasteiger partial charge in [0, 0.05) is 12.1 Å². The summed E-state index contributed by atoms with van der Waals surface area (Å²) in [5.74, 6) is -0.811. The Bertz CT molecular complexity index is 269. The molecule has 0 aliphatic rings. The molecule has 1 aromatic rings. The van der Waals surface area contributed by atoms with Crippen LogP contribution in [0.5, 0.6) is 0 Å². The first-order valence-electron chi connectivity index (χ1n) is 3.60. The number of nitrogen functional groups attached to an aromatic ring is 1. The van der Waals surface area contributed by atoms with Gasteiger partial charge in [0.05, 0.1) is 18.3 Å². The van der Waals surface area contributed by atoms with Crippen molar-refractivity contribution in [3.63, 3.8) is 0 Å². The molecular formula is C8H10N2O2. The Labute approximate surface area is 70.0 Å². The molecule has 0 aliphatic carbocycles. The summed E-state index contributed by atoms with van der Waals surface area (Å²) in [6, 6.07) is 3.45. The highest BCUT2D eigenvalue weighted by Crippen LogP contribution is 2.03. The number of hydrogen-bond donors (Lipinski definition) is 2. The highest BCUT2D eigenvalue weighted by molar-refractivity contribution is 5.66. The molecule has 0 saturated heterocycles. The summed E-state index contributed by atoms with van der Waals surface area (Å²) in [6.45, 7) is 0. The summed E-state index contributed by atoms with van der Waals surface area (Å²) < 4.78 is 0. The lowest BCUT2D eigenvalue weighted by Gasteiger charge is -1.97. The summed E-state index contributed by atoms with van der Waals surface area (Å²) in [7, 11) is 0. The average Bonchev–Trinajstić information content (AvgIpc) is 2.03. The van der Waals surface area contributed by atoms with Gasteiger partial charge in [-0.05, 0) is 12.1 Å². The first-order chi connectivity index (χ1) is 5.68. The maximum absolute atomic E-state index is 10.2. The number of anilines is 1. The standard InChI is InChI=1S/C8H10N2O2/c9-6-1-2-7(10-5-6)3-4-8(11)12/h1-2,5H,3-4,9H2,(H,11,12). The lowest BCUT2D eigenvalue weighted by molar-refractivity contribution is -0.136. The molecule has 3 N–H and O–H groups in total. The number of nitrogens with zero attached hydrogens (tertiary/aromatic N) is 1. The van der Waals surface area contributed by atoms with Gasteiger partial charge >= 0.3 is 5.97 Å². The van der Waals surface area contributed by atoms with Crippen LogP contribution in [0, 0.1) is 0 Å². The van der Waals surface area contributed by atoms with Crippen molar-refractivity contribution >= 4 is 11.7 Å². The molecule has 4 nitrogen and oxygen atoms in total. The second kappa shape index (κ2) is 3.71. The molecule has 1 heterocycles. The van der Waals surface area contributed by atoms with Crippen LogP contribution in [0.25, 0.3) is 0 Å². The first kappa shape index (κ1) is 8.52. The largest absolute Gasteiger partial charge is 0.481 e. The number of carboxylic acids is 1. The van der Waals surface area contributed by atoms with Crippen LogP contribution in [-0.4, -0.2) is 16.1 Å². The molecule has 4 heteroatoms. The average molecular weight is 166 g/mol. The number of carboxylic acid groups (broad SMARTS) is 1. The van der Waals surface area contributed by atoms with Crippen LogP contribution in [0.1, 0.15) is 12.1 Å². The SMILES string of the molecule is Nc1ccc(CCC(=O)O)nc1. The van der Waals surface area contributed by atoms with E-state index < -0.39 is 5.97 Å². The van der Waals surface area contributed by atoms with Gasteiger partial charge in [-0.25, -0.2) is 0 Å². The molecular weight excluding hydrogens is 156 g/mol. The molecule has 0 aromatic carbocycles. The molecule has 64 valence electrons. The molecule has 0 radical (unpaired) electrons. The number of nitrogens with two attached hydrogens (primary N) is 1. The number of rotatable bonds is 3. The van der Waals surface area contributed by atoms with Gasteiger partial charge in [0.25, 0.3) is 0 Å². The highest BCUT2D eigenvalue weighted by Gasteiger charge is 1.99. The topological polar surface area (TPSA) is 76.2 Å². The minimum atomic E-state index is -0.811. The van der Waals surface area contributed by atoms with Crippen molar-refractivity contribution in [1.29, 1.82) is 0 Å². The number of aliphatic carboxylic acids is 1. The van der Waals surface area contributed by atoms with E-state index in [0.717, 1.165) is 5.69 Å². The molecule has 0 saturated carbocycles. The van der Waals surface area contributed by atoms with Gasteiger partial charge in [-0.2, -0.15) is 0 Å². The Morgan fingerprint density at radius 3 is 2.83 bits per heavy atom. The zero-order valence-electron chi connectivity index (χ0n) is 6.53. The third-order valence-corrected chi connectivity index (χ3v) is 1.44. The normalized spacial score (nSPS) is 9.67. The Hall–Kier alpha value is -1.58. The fraction of sp³-hybridized carbons (Fsp3) is 0.250. The monoisotopic (exact) mass is 166 g/mol. The van der Waals surface area contributed by atoms with E-state index in [2.05, 4.69) is 4.98 Å². The van der Waals surface area contributed by atoms with Crippen molar-refractivity contribution in [2.75, 3.05) is 5.73 Å². The predicted molar refractivity (Wildman–Crippen MR) is 44.6 cm³/mol. The van der Waals surface area contributed by atoms with Crippen LogP contribution in [0.3, 0.4) is 0 Å². The highest BCUT2D eigenvalue weighted by atomic mass is 16.4. The van der Waals surface area contributed by atoms with Crippen LogP contribution >= 0.6 is 0 Å². The van der Waals surface area contributed by atoms with E-state index in [1.54, 1.807) is 12.1 Å². The Kier molecular flexibility index (Phi) is 2.63. The van der Waals surface area contributed by atoms with Crippen LogP contribution in [-0.2, 0) is 11.2 Å². The number of aryl methyl sites for hydroxylation is 1. The summed E-state index contributed by atoms with van der Waals surface area (Å²) in [6.07, 6.45) is 2.09. The first-order valence-corrected chi connectivity index (χ1v) is 3.60. The number of carbonyl (C=O) groups is 1. The summed E-state index contributed by atoms with van der Waals surface area (Å²) >= 11 is 0. The molecule has 1 rings (SSSR count). The molecule has 0 aliphatic heterocycles. The third-order valence-electron chi connectivity index (χ3n) is 1.44. The zero-order valence-corrected chi connectivity index (χ0v) is 6.53. The summed E-state index contributed by atoms with van der Waals surface area (Å²) in [5.41, 5.74) is 6.75. The van der Waals surface area contributed by atoms with Crippen molar-refractivity contribution in [3.8, 4) is 0 Å². The molecule has 0 spiro atoms. The van der Waals surface area contributed by atoms with Gasteiger partial charge in [-0.1, -0.05) is 0 Å². The van der Waals surface area contributed by atoms with E-state index in [9.17, 15) is 4.79 Å². The van der Waals surface area contributed by atoms with E-state index in [0.29, 0.717) is 12.1 Å². The third kappa shape index (κ3) is 2.57. The van der Waals surface area contributed by atoms with Gasteiger partial charge in [0.1, 0.15) is 0 Å². The van der Waals surface area contributed by atoms with Crippen molar-refractivity contribution in [2.24, 2.45) is 0 Å². The Morgan fingerprint density at radius 2 is 2.33 bits per heavy atom. The zero-order chi connectivity index (χ0) is 8.97. The Morgan fingerprint density at radius 1 is 1.58 bits per heavy atom. The lowest BCUT2D eigenvalue weighted by Crippen LogP contribution is -1.99.